The molecule has 3 heteroatoms. The summed E-state index contributed by atoms with van der Waals surface area (Å²) in [6.07, 6.45) is 12.9. The third kappa shape index (κ3) is 10.3. The Morgan fingerprint density at radius 1 is 1.06 bits per heavy atom. The number of hydrogen-bond acceptors (Lipinski definition) is 2. The minimum absolute atomic E-state index is 0.0884. The van der Waals surface area contributed by atoms with Crippen molar-refractivity contribution in [1.82, 2.24) is 0 Å². The lowest BCUT2D eigenvalue weighted by atomic mass is 10.0. The Morgan fingerprint density at radius 2 is 1.61 bits per heavy atom. The topological polar surface area (TPSA) is 43.1 Å². The van der Waals surface area contributed by atoms with Gasteiger partial charge in [0.25, 0.3) is 0 Å². The average Bonchev–Trinajstić information content (AvgIpc) is 2.35. The molecule has 0 rings (SSSR count). The zero-order chi connectivity index (χ0) is 13.6. The molecular formula is C15H28NO2. The second kappa shape index (κ2) is 12.6. The average molecular weight is 254 g/mol. The molecule has 0 aromatic carbocycles. The number of allylic oxidation sites excluding steroid dienone is 1. The molecule has 0 aromatic rings. The van der Waals surface area contributed by atoms with Crippen LogP contribution in [-0.4, -0.2) is 11.0 Å². The lowest BCUT2D eigenvalue weighted by Gasteiger charge is -2.09. The van der Waals surface area contributed by atoms with Gasteiger partial charge in [0.1, 0.15) is 0 Å². The van der Waals surface area contributed by atoms with Crippen LogP contribution in [0.5, 0.6) is 0 Å². The summed E-state index contributed by atoms with van der Waals surface area (Å²) in [4.78, 5) is 10.8. The number of hydrogen-bond donors (Lipinski definition) is 0. The minimum Gasteiger partial charge on any atom is -0.264 e. The monoisotopic (exact) mass is 254 g/mol. The van der Waals surface area contributed by atoms with Crippen LogP contribution >= 0.6 is 0 Å². The van der Waals surface area contributed by atoms with Gasteiger partial charge < -0.3 is 0 Å². The molecule has 0 aliphatic heterocycles. The summed E-state index contributed by atoms with van der Waals surface area (Å²) >= 11 is 0. The molecule has 105 valence electrons. The van der Waals surface area contributed by atoms with Gasteiger partial charge in [-0.1, -0.05) is 51.7 Å². The molecule has 18 heavy (non-hydrogen) atoms. The fraction of sp³-hybridized carbons (Fsp3) is 0.867. The van der Waals surface area contributed by atoms with Crippen LogP contribution in [0.15, 0.2) is 6.08 Å². The normalized spacial score (nSPS) is 12.3. The molecule has 0 heterocycles. The quantitative estimate of drug-likeness (QED) is 0.265. The number of nitro groups is 1. The van der Waals surface area contributed by atoms with Crippen molar-refractivity contribution in [1.29, 1.82) is 0 Å². The van der Waals surface area contributed by atoms with Gasteiger partial charge in [0.2, 0.25) is 6.04 Å². The first kappa shape index (κ1) is 17.1. The summed E-state index contributed by atoms with van der Waals surface area (Å²) in [5, 5.41) is 10.9. The van der Waals surface area contributed by atoms with Crippen LogP contribution < -0.4 is 0 Å². The lowest BCUT2D eigenvalue weighted by Crippen LogP contribution is -2.19. The molecule has 1 unspecified atom stereocenters. The molecule has 0 fully saturated rings. The third-order valence-electron chi connectivity index (χ3n) is 3.35. The molecule has 3 nitrogen and oxygen atoms in total. The maximum absolute atomic E-state index is 10.9. The van der Waals surface area contributed by atoms with Crippen LogP contribution in [0, 0.1) is 16.7 Å². The first-order valence-corrected chi connectivity index (χ1v) is 7.39. The Bertz CT molecular complexity index is 217. The van der Waals surface area contributed by atoms with Gasteiger partial charge >= 0.3 is 0 Å². The van der Waals surface area contributed by atoms with E-state index in [0.717, 1.165) is 51.4 Å². The predicted octanol–water partition coefficient (Wildman–Crippen LogP) is 4.93. The molecule has 0 aromatic heterocycles. The minimum atomic E-state index is -0.325. The first-order chi connectivity index (χ1) is 8.72. The highest BCUT2D eigenvalue weighted by Crippen LogP contribution is 2.15. The summed E-state index contributed by atoms with van der Waals surface area (Å²) in [5.41, 5.74) is 0. The second-order valence-electron chi connectivity index (χ2n) is 5.02. The summed E-state index contributed by atoms with van der Waals surface area (Å²) in [7, 11) is 0. The molecule has 0 bridgehead atoms. The van der Waals surface area contributed by atoms with E-state index >= 15 is 0 Å². The van der Waals surface area contributed by atoms with Gasteiger partial charge in [-0.3, -0.25) is 10.1 Å². The van der Waals surface area contributed by atoms with Crippen LogP contribution in [0.25, 0.3) is 0 Å². The van der Waals surface area contributed by atoms with Crippen LogP contribution in [0.3, 0.4) is 0 Å². The van der Waals surface area contributed by atoms with Crippen molar-refractivity contribution in [3.63, 3.8) is 0 Å². The standard InChI is InChI=1S/C15H28NO2/c1-3-5-7-9-11-13-15(16(17)18)14-12-10-8-6-4-2/h1,3,15H,4-14H2,2H3. The van der Waals surface area contributed by atoms with Crippen LogP contribution in [0.1, 0.15) is 77.6 Å². The Kier molecular flexibility index (Phi) is 12.0. The van der Waals surface area contributed by atoms with Gasteiger partial charge in [0, 0.05) is 17.8 Å². The van der Waals surface area contributed by atoms with E-state index in [0.29, 0.717) is 0 Å². The summed E-state index contributed by atoms with van der Waals surface area (Å²) in [5.74, 6) is 0. The molecule has 0 amide bonds. The van der Waals surface area contributed by atoms with Crippen molar-refractivity contribution in [2.24, 2.45) is 0 Å². The highest BCUT2D eigenvalue weighted by molar-refractivity contribution is 4.63. The summed E-state index contributed by atoms with van der Waals surface area (Å²) in [6, 6.07) is -0.325. The molecule has 1 radical (unpaired) electrons. The Hall–Kier alpha value is -0.860. The fourth-order valence-electron chi connectivity index (χ4n) is 2.16. The lowest BCUT2D eigenvalue weighted by molar-refractivity contribution is -0.524. The van der Waals surface area contributed by atoms with Gasteiger partial charge in [-0.25, -0.2) is 0 Å². The van der Waals surface area contributed by atoms with Gasteiger partial charge in [0.15, 0.2) is 0 Å². The van der Waals surface area contributed by atoms with Gasteiger partial charge in [-0.05, 0) is 25.7 Å². The van der Waals surface area contributed by atoms with E-state index in [9.17, 15) is 10.1 Å². The largest absolute Gasteiger partial charge is 0.264 e. The van der Waals surface area contributed by atoms with E-state index in [1.54, 1.807) is 6.08 Å². The summed E-state index contributed by atoms with van der Waals surface area (Å²) < 4.78 is 0. The van der Waals surface area contributed by atoms with Crippen molar-refractivity contribution >= 4 is 0 Å². The Labute approximate surface area is 112 Å². The van der Waals surface area contributed by atoms with Crippen LogP contribution in [-0.2, 0) is 0 Å². The maximum atomic E-state index is 10.9. The zero-order valence-electron chi connectivity index (χ0n) is 11.8. The molecule has 0 aliphatic carbocycles. The Balaban J connectivity index is 3.59. The van der Waals surface area contributed by atoms with Crippen molar-refractivity contribution in [2.75, 3.05) is 0 Å². The van der Waals surface area contributed by atoms with E-state index in [1.165, 1.54) is 19.3 Å². The van der Waals surface area contributed by atoms with Gasteiger partial charge in [-0.15, -0.1) is 0 Å². The molecule has 0 saturated carbocycles. The molecule has 0 spiro atoms. The fourth-order valence-corrected chi connectivity index (χ4v) is 2.16. The third-order valence-corrected chi connectivity index (χ3v) is 3.35. The molecule has 0 N–H and O–H groups in total. The van der Waals surface area contributed by atoms with Crippen molar-refractivity contribution < 1.29 is 4.92 Å². The van der Waals surface area contributed by atoms with E-state index in [2.05, 4.69) is 6.92 Å². The van der Waals surface area contributed by atoms with E-state index in [1.807, 2.05) is 0 Å². The highest BCUT2D eigenvalue weighted by Gasteiger charge is 2.18. The highest BCUT2D eigenvalue weighted by atomic mass is 16.6. The molecular weight excluding hydrogens is 226 g/mol. The van der Waals surface area contributed by atoms with Gasteiger partial charge in [0.05, 0.1) is 0 Å². The Morgan fingerprint density at radius 3 is 2.11 bits per heavy atom. The van der Waals surface area contributed by atoms with Crippen molar-refractivity contribution in [2.45, 2.75) is 83.6 Å². The van der Waals surface area contributed by atoms with E-state index < -0.39 is 0 Å². The second-order valence-corrected chi connectivity index (χ2v) is 5.02. The molecule has 0 aliphatic rings. The van der Waals surface area contributed by atoms with E-state index in [-0.39, 0.29) is 11.0 Å². The predicted molar refractivity (Wildman–Crippen MR) is 76.1 cm³/mol. The smallest absolute Gasteiger partial charge is 0.213 e. The molecule has 0 saturated heterocycles. The number of nitrogens with zero attached hydrogens (tertiary/aromatic N) is 1. The van der Waals surface area contributed by atoms with E-state index in [4.69, 9.17) is 6.58 Å². The van der Waals surface area contributed by atoms with Crippen molar-refractivity contribution in [3.05, 3.63) is 22.8 Å². The first-order valence-electron chi connectivity index (χ1n) is 7.39. The van der Waals surface area contributed by atoms with Crippen molar-refractivity contribution in [3.8, 4) is 0 Å². The number of rotatable bonds is 13. The molecule has 1 atom stereocenters. The van der Waals surface area contributed by atoms with Crippen LogP contribution in [0.4, 0.5) is 0 Å². The SMILES string of the molecule is [CH]=CCCCCCC(CCCCCCC)[N+](=O)[O-]. The summed E-state index contributed by atoms with van der Waals surface area (Å²) in [6.45, 7) is 7.47. The van der Waals surface area contributed by atoms with Crippen LogP contribution in [0.2, 0.25) is 0 Å². The zero-order valence-corrected chi connectivity index (χ0v) is 11.8. The van der Waals surface area contributed by atoms with Gasteiger partial charge in [-0.2, -0.15) is 0 Å². The maximum Gasteiger partial charge on any atom is 0.213 e. The number of unbranched alkanes of at least 4 members (excludes halogenated alkanes) is 7.